The fourth-order valence-electron chi connectivity index (χ4n) is 7.38. The lowest BCUT2D eigenvalue weighted by atomic mass is 9.67. The van der Waals surface area contributed by atoms with Crippen molar-refractivity contribution in [1.82, 2.24) is 4.98 Å². The third-order valence-corrected chi connectivity index (χ3v) is 11.3. The molecule has 1 N–H and O–H groups in total. The summed E-state index contributed by atoms with van der Waals surface area (Å²) < 4.78 is 40.1. The van der Waals surface area contributed by atoms with Crippen molar-refractivity contribution in [1.29, 1.82) is 0 Å². The molecule has 10 heteroatoms. The van der Waals surface area contributed by atoms with Crippen LogP contribution in [-0.4, -0.2) is 22.0 Å². The van der Waals surface area contributed by atoms with Gasteiger partial charge in [0.1, 0.15) is 0 Å². The van der Waals surface area contributed by atoms with Crippen LogP contribution in [0.2, 0.25) is 0 Å². The van der Waals surface area contributed by atoms with Gasteiger partial charge in [-0.3, -0.25) is 19.3 Å². The van der Waals surface area contributed by atoms with Crippen LogP contribution in [0.5, 0.6) is 0 Å². The van der Waals surface area contributed by atoms with Crippen molar-refractivity contribution in [3.8, 4) is 0 Å². The summed E-state index contributed by atoms with van der Waals surface area (Å²) in [7, 11) is 0. The van der Waals surface area contributed by atoms with Gasteiger partial charge in [-0.1, -0.05) is 41.7 Å². The fourth-order valence-corrected chi connectivity index (χ4v) is 10.3. The Labute approximate surface area is 218 Å². The zero-order valence-corrected chi connectivity index (χ0v) is 21.1. The fraction of sp³-hybridized carbons (Fsp3) is 0.370. The van der Waals surface area contributed by atoms with Crippen LogP contribution in [0, 0.1) is 36.5 Å². The lowest BCUT2D eigenvalue weighted by molar-refractivity contribution is -0.137. The first-order valence-corrected chi connectivity index (χ1v) is 13.8. The minimum absolute atomic E-state index is 0.0202. The van der Waals surface area contributed by atoms with Gasteiger partial charge in [-0.05, 0) is 60.4 Å². The minimum atomic E-state index is -4.57. The molecule has 1 saturated heterocycles. The second kappa shape index (κ2) is 7.83. The first-order chi connectivity index (χ1) is 17.6. The molecule has 190 valence electrons. The molecule has 7 unspecified atom stereocenters. The number of thiazole rings is 1. The summed E-state index contributed by atoms with van der Waals surface area (Å²) >= 11 is 2.80. The van der Waals surface area contributed by atoms with E-state index in [1.165, 1.54) is 23.5 Å². The monoisotopic (exact) mass is 542 g/mol. The van der Waals surface area contributed by atoms with Crippen molar-refractivity contribution in [3.05, 3.63) is 79.8 Å². The molecule has 2 aliphatic heterocycles. The number of aromatic amines is 1. The van der Waals surface area contributed by atoms with Crippen LogP contribution in [0.15, 0.2) is 58.4 Å². The highest BCUT2D eigenvalue weighted by Gasteiger charge is 2.69. The largest absolute Gasteiger partial charge is 0.416 e. The van der Waals surface area contributed by atoms with E-state index >= 15 is 0 Å². The number of H-pyrrole nitrogens is 1. The molecule has 7 rings (SSSR count). The maximum absolute atomic E-state index is 13.7. The standard InChI is InChI=1S/C27H21F3N2O3S2/c1-11-5-2-3-8-14(11)17-18-15-10-16(21(18)36-23-22(17)37-26(35)31-23)20-19(15)24(33)32(25(20)34)13-7-4-6-12(9-13)27(28,29)30/h2-9,15-21H,10H2,1H3,(H,31,35). The number of halogens is 3. The van der Waals surface area contributed by atoms with E-state index in [1.807, 2.05) is 25.1 Å². The number of rotatable bonds is 2. The Balaban J connectivity index is 1.31. The zero-order valence-electron chi connectivity index (χ0n) is 19.5. The highest BCUT2D eigenvalue weighted by Crippen LogP contribution is 2.68. The van der Waals surface area contributed by atoms with Crippen molar-refractivity contribution < 1.29 is 22.8 Å². The van der Waals surface area contributed by atoms with E-state index < -0.39 is 35.4 Å². The normalized spacial score (nSPS) is 32.0. The molecular weight excluding hydrogens is 521 g/mol. The number of hydrogen-bond donors (Lipinski definition) is 1. The van der Waals surface area contributed by atoms with Crippen molar-refractivity contribution in [2.24, 2.45) is 29.6 Å². The third-order valence-electron chi connectivity index (χ3n) is 8.68. The number of imide groups is 1. The summed E-state index contributed by atoms with van der Waals surface area (Å²) in [5.74, 6) is -2.11. The Morgan fingerprint density at radius 1 is 0.973 bits per heavy atom. The van der Waals surface area contributed by atoms with E-state index in [1.54, 1.807) is 11.8 Å². The number of carbonyl (C=O) groups is 2. The molecular formula is C27H21F3N2O3S2. The van der Waals surface area contributed by atoms with Crippen molar-refractivity contribution in [3.63, 3.8) is 0 Å². The number of aromatic nitrogens is 1. The van der Waals surface area contributed by atoms with E-state index in [0.717, 1.165) is 44.5 Å². The lowest BCUT2D eigenvalue weighted by Crippen LogP contribution is -2.42. The van der Waals surface area contributed by atoms with Crippen LogP contribution in [0.1, 0.15) is 33.9 Å². The molecule has 2 bridgehead atoms. The van der Waals surface area contributed by atoms with Crippen molar-refractivity contribution >= 4 is 40.6 Å². The van der Waals surface area contributed by atoms with Gasteiger partial charge in [-0.2, -0.15) is 13.2 Å². The van der Waals surface area contributed by atoms with Gasteiger partial charge in [0.15, 0.2) is 0 Å². The van der Waals surface area contributed by atoms with Gasteiger partial charge in [0, 0.05) is 16.0 Å². The molecule has 2 saturated carbocycles. The van der Waals surface area contributed by atoms with Crippen LogP contribution < -0.4 is 9.77 Å². The number of nitrogens with zero attached hydrogens (tertiary/aromatic N) is 1. The molecule has 37 heavy (non-hydrogen) atoms. The number of aryl methyl sites for hydroxylation is 1. The minimum Gasteiger partial charge on any atom is -0.307 e. The second-order valence-electron chi connectivity index (χ2n) is 10.4. The molecule has 0 spiro atoms. The van der Waals surface area contributed by atoms with Gasteiger partial charge >= 0.3 is 11.0 Å². The summed E-state index contributed by atoms with van der Waals surface area (Å²) in [4.78, 5) is 44.6. The highest BCUT2D eigenvalue weighted by molar-refractivity contribution is 8.00. The molecule has 5 nitrogen and oxygen atoms in total. The van der Waals surface area contributed by atoms with Gasteiger partial charge in [0.05, 0.1) is 28.1 Å². The van der Waals surface area contributed by atoms with E-state index in [2.05, 4.69) is 11.1 Å². The topological polar surface area (TPSA) is 70.2 Å². The first-order valence-electron chi connectivity index (χ1n) is 12.2. The van der Waals surface area contributed by atoms with E-state index in [-0.39, 0.29) is 39.5 Å². The maximum Gasteiger partial charge on any atom is 0.416 e. The number of alkyl halides is 3. The molecule has 1 aromatic heterocycles. The van der Waals surface area contributed by atoms with E-state index in [9.17, 15) is 27.6 Å². The number of nitrogens with one attached hydrogen (secondary N) is 1. The van der Waals surface area contributed by atoms with Crippen molar-refractivity contribution in [2.75, 3.05) is 4.90 Å². The molecule has 2 aromatic carbocycles. The molecule has 7 atom stereocenters. The number of carbonyl (C=O) groups excluding carboxylic acids is 2. The summed E-state index contributed by atoms with van der Waals surface area (Å²) in [6, 6.07) is 12.5. The van der Waals surface area contributed by atoms with Gasteiger partial charge in [-0.15, -0.1) is 11.8 Å². The first kappa shape index (κ1) is 23.3. The smallest absolute Gasteiger partial charge is 0.307 e. The average Bonchev–Trinajstić information content (AvgIpc) is 3.58. The molecule has 3 fully saturated rings. The zero-order chi connectivity index (χ0) is 25.8. The highest BCUT2D eigenvalue weighted by atomic mass is 32.2. The molecule has 2 amide bonds. The van der Waals surface area contributed by atoms with Crippen LogP contribution >= 0.6 is 23.1 Å². The molecule has 3 heterocycles. The number of thioether (sulfide) groups is 1. The van der Waals surface area contributed by atoms with Crippen LogP contribution in [0.4, 0.5) is 18.9 Å². The summed E-state index contributed by atoms with van der Waals surface area (Å²) in [6.07, 6.45) is -3.84. The second-order valence-corrected chi connectivity index (χ2v) is 12.6. The Hall–Kier alpha value is -2.85. The number of benzene rings is 2. The van der Waals surface area contributed by atoms with Gasteiger partial charge < -0.3 is 4.98 Å². The van der Waals surface area contributed by atoms with Crippen LogP contribution in [0.25, 0.3) is 0 Å². The van der Waals surface area contributed by atoms with E-state index in [0.29, 0.717) is 0 Å². The quantitative estimate of drug-likeness (QED) is 0.438. The predicted octanol–water partition coefficient (Wildman–Crippen LogP) is 5.44. The summed E-state index contributed by atoms with van der Waals surface area (Å²) in [6.45, 7) is 2.04. The molecule has 0 radical (unpaired) electrons. The van der Waals surface area contributed by atoms with Gasteiger partial charge in [0.2, 0.25) is 11.8 Å². The van der Waals surface area contributed by atoms with E-state index in [4.69, 9.17) is 0 Å². The average molecular weight is 543 g/mol. The maximum atomic E-state index is 13.7. The Kier molecular flexibility index (Phi) is 4.93. The SMILES string of the molecule is Cc1ccccc1C1c2sc(=O)[nH]c2SC2C3CC(C4C(=O)N(c5cccc(C(F)(F)F)c5)C(=O)C34)C12. The lowest BCUT2D eigenvalue weighted by Gasteiger charge is -2.43. The number of anilines is 1. The molecule has 2 aliphatic carbocycles. The van der Waals surface area contributed by atoms with Crippen molar-refractivity contribution in [2.45, 2.75) is 35.7 Å². The summed E-state index contributed by atoms with van der Waals surface area (Å²) in [5, 5.41) is 0.868. The predicted molar refractivity (Wildman–Crippen MR) is 134 cm³/mol. The number of hydrogen-bond acceptors (Lipinski definition) is 5. The molecule has 4 aliphatic rings. The number of fused-ring (bicyclic) bond motifs is 9. The third kappa shape index (κ3) is 3.21. The van der Waals surface area contributed by atoms with Crippen LogP contribution in [-0.2, 0) is 15.8 Å². The van der Waals surface area contributed by atoms with Gasteiger partial charge in [-0.25, -0.2) is 0 Å². The Morgan fingerprint density at radius 3 is 2.43 bits per heavy atom. The van der Waals surface area contributed by atoms with Gasteiger partial charge in [0.25, 0.3) is 0 Å². The van der Waals surface area contributed by atoms with Crippen LogP contribution in [0.3, 0.4) is 0 Å². The summed E-state index contributed by atoms with van der Waals surface area (Å²) in [5.41, 5.74) is 1.31. The molecule has 3 aromatic rings. The number of amides is 2. The Morgan fingerprint density at radius 2 is 1.70 bits per heavy atom. The Bertz CT molecular complexity index is 1530.